The van der Waals surface area contributed by atoms with E-state index in [4.69, 9.17) is 11.6 Å². The second kappa shape index (κ2) is 8.96. The lowest BCUT2D eigenvalue weighted by atomic mass is 9.93. The molecule has 3 heterocycles. The molecule has 0 bridgehead atoms. The molecule has 2 aliphatic heterocycles. The van der Waals surface area contributed by atoms with Gasteiger partial charge in [-0.3, -0.25) is 19.6 Å². The molecule has 182 valence electrons. The molecular formula is C23H17ClF4N4O2S. The van der Waals surface area contributed by atoms with Crippen LogP contribution >= 0.6 is 23.4 Å². The smallest absolute Gasteiger partial charge is 0.312 e. The normalized spacial score (nSPS) is 22.5. The number of amides is 2. The highest BCUT2D eigenvalue weighted by molar-refractivity contribution is 8.18. The van der Waals surface area contributed by atoms with Crippen molar-refractivity contribution in [3.8, 4) is 0 Å². The molecule has 0 aliphatic carbocycles. The summed E-state index contributed by atoms with van der Waals surface area (Å²) in [6.45, 7) is 0.118. The van der Waals surface area contributed by atoms with Crippen LogP contribution in [-0.2, 0) is 17.4 Å². The van der Waals surface area contributed by atoms with Crippen molar-refractivity contribution >= 4 is 51.0 Å². The van der Waals surface area contributed by atoms with E-state index in [-0.39, 0.29) is 40.6 Å². The van der Waals surface area contributed by atoms with E-state index in [1.807, 2.05) is 0 Å². The number of fused-ring (bicyclic) bond motifs is 1. The maximum Gasteiger partial charge on any atom is 0.416 e. The van der Waals surface area contributed by atoms with Gasteiger partial charge >= 0.3 is 6.18 Å². The molecule has 0 spiro atoms. The van der Waals surface area contributed by atoms with Crippen molar-refractivity contribution in [1.82, 2.24) is 20.4 Å². The molecule has 2 atom stereocenters. The molecule has 0 radical (unpaired) electrons. The van der Waals surface area contributed by atoms with Crippen LogP contribution < -0.4 is 5.32 Å². The number of halogens is 5. The Bertz CT molecular complexity index is 1370. The van der Waals surface area contributed by atoms with Gasteiger partial charge in [-0.05, 0) is 59.1 Å². The van der Waals surface area contributed by atoms with Crippen LogP contribution in [-0.4, -0.2) is 51.5 Å². The molecule has 2 saturated heterocycles. The first-order valence-corrected chi connectivity index (χ1v) is 11.8. The quantitative estimate of drug-likeness (QED) is 0.362. The first-order valence-electron chi connectivity index (χ1n) is 10.6. The van der Waals surface area contributed by atoms with Crippen LogP contribution in [0.4, 0.5) is 22.4 Å². The lowest BCUT2D eigenvalue weighted by Gasteiger charge is -2.22. The molecule has 3 aromatic rings. The average Bonchev–Trinajstić information content (AvgIpc) is 3.51. The zero-order chi connectivity index (χ0) is 24.9. The SMILES string of the molecule is O=C1S/C(=C(/Cc2ccc(Cl)cc2C(F)(F)F)c2ccc3[nH]ncc3c2)C(=O)N1[C@H]1CNC[C@@H]1F. The molecule has 6 nitrogen and oxygen atoms in total. The Kier molecular flexibility index (Phi) is 6.10. The predicted molar refractivity (Wildman–Crippen MR) is 125 cm³/mol. The van der Waals surface area contributed by atoms with Crippen molar-refractivity contribution in [2.75, 3.05) is 13.1 Å². The van der Waals surface area contributed by atoms with Gasteiger partial charge in [0.1, 0.15) is 6.17 Å². The highest BCUT2D eigenvalue weighted by Gasteiger charge is 2.46. The first-order chi connectivity index (χ1) is 16.6. The number of imide groups is 1. The minimum Gasteiger partial charge on any atom is -0.312 e. The van der Waals surface area contributed by atoms with Crippen LogP contribution in [0.2, 0.25) is 5.02 Å². The number of aromatic amines is 1. The number of carbonyl (C=O) groups is 2. The Morgan fingerprint density at radius 1 is 1.17 bits per heavy atom. The second-order valence-electron chi connectivity index (χ2n) is 8.24. The van der Waals surface area contributed by atoms with Gasteiger partial charge in [0, 0.05) is 23.5 Å². The van der Waals surface area contributed by atoms with E-state index in [1.54, 1.807) is 24.4 Å². The van der Waals surface area contributed by atoms with E-state index in [0.717, 1.165) is 11.0 Å². The number of thioether (sulfide) groups is 1. The summed E-state index contributed by atoms with van der Waals surface area (Å²) in [4.78, 5) is 27.0. The third-order valence-electron chi connectivity index (χ3n) is 6.05. The molecule has 12 heteroatoms. The van der Waals surface area contributed by atoms with Crippen LogP contribution in [0.25, 0.3) is 16.5 Å². The Morgan fingerprint density at radius 2 is 1.97 bits per heavy atom. The van der Waals surface area contributed by atoms with Crippen molar-refractivity contribution in [2.45, 2.75) is 24.8 Å². The predicted octanol–water partition coefficient (Wildman–Crippen LogP) is 5.19. The number of alkyl halides is 4. The Hall–Kier alpha value is -2.89. The molecule has 2 fully saturated rings. The summed E-state index contributed by atoms with van der Waals surface area (Å²) >= 11 is 6.44. The van der Waals surface area contributed by atoms with E-state index in [2.05, 4.69) is 15.5 Å². The molecule has 1 aromatic heterocycles. The molecule has 2 N–H and O–H groups in total. The molecule has 0 unspecified atom stereocenters. The number of nitrogens with zero attached hydrogens (tertiary/aromatic N) is 2. The number of allylic oxidation sites excluding steroid dienone is 1. The maximum absolute atomic E-state index is 14.4. The van der Waals surface area contributed by atoms with Crippen molar-refractivity contribution in [1.29, 1.82) is 0 Å². The summed E-state index contributed by atoms with van der Waals surface area (Å²) in [5.74, 6) is -0.721. The first kappa shape index (κ1) is 23.8. The molecular weight excluding hydrogens is 508 g/mol. The Labute approximate surface area is 205 Å². The highest BCUT2D eigenvalue weighted by Crippen LogP contribution is 2.42. The van der Waals surface area contributed by atoms with Crippen LogP contribution in [0.5, 0.6) is 0 Å². The maximum atomic E-state index is 14.4. The fourth-order valence-corrected chi connectivity index (χ4v) is 5.50. The monoisotopic (exact) mass is 524 g/mol. The summed E-state index contributed by atoms with van der Waals surface area (Å²) in [5, 5.41) is 9.49. The minimum atomic E-state index is -4.68. The van der Waals surface area contributed by atoms with Gasteiger partial charge < -0.3 is 5.32 Å². The largest absolute Gasteiger partial charge is 0.416 e. The summed E-state index contributed by atoms with van der Waals surface area (Å²) in [6.07, 6.45) is -4.87. The fraction of sp³-hybridized carbons (Fsp3) is 0.261. The zero-order valence-electron chi connectivity index (χ0n) is 17.8. The number of rotatable bonds is 4. The number of H-pyrrole nitrogens is 1. The number of hydrogen-bond acceptors (Lipinski definition) is 5. The topological polar surface area (TPSA) is 78.1 Å². The molecule has 0 saturated carbocycles. The summed E-state index contributed by atoms with van der Waals surface area (Å²) < 4.78 is 55.8. The van der Waals surface area contributed by atoms with Gasteiger partial charge in [0.15, 0.2) is 0 Å². The molecule has 2 aliphatic rings. The van der Waals surface area contributed by atoms with E-state index < -0.39 is 35.1 Å². The number of nitrogens with one attached hydrogen (secondary N) is 2. The van der Waals surface area contributed by atoms with E-state index in [9.17, 15) is 27.2 Å². The zero-order valence-corrected chi connectivity index (χ0v) is 19.4. The van der Waals surface area contributed by atoms with Gasteiger partial charge in [-0.1, -0.05) is 23.7 Å². The summed E-state index contributed by atoms with van der Waals surface area (Å²) in [7, 11) is 0. The van der Waals surface area contributed by atoms with Crippen LogP contribution in [0.3, 0.4) is 0 Å². The van der Waals surface area contributed by atoms with Gasteiger partial charge in [-0.15, -0.1) is 0 Å². The van der Waals surface area contributed by atoms with E-state index in [0.29, 0.717) is 28.2 Å². The van der Waals surface area contributed by atoms with Gasteiger partial charge in [0.05, 0.1) is 28.2 Å². The highest BCUT2D eigenvalue weighted by atomic mass is 35.5. The standard InChI is InChI=1S/C23H17ClF4N4O2S/c24-14-3-1-12(16(7-14)23(26,27)28)6-15(11-2-4-18-13(5-11)8-30-31-18)20-21(33)32(22(34)35-20)19-10-29-9-17(19)25/h1-5,7-8,17,19,29H,6,9-10H2,(H,30,31)/b20-15-/t17-,19-/m0/s1. The summed E-state index contributed by atoms with van der Waals surface area (Å²) in [6, 6.07) is 7.46. The van der Waals surface area contributed by atoms with Crippen LogP contribution in [0, 0.1) is 0 Å². The molecule has 35 heavy (non-hydrogen) atoms. The lowest BCUT2D eigenvalue weighted by Crippen LogP contribution is -2.44. The van der Waals surface area contributed by atoms with Gasteiger partial charge in [-0.2, -0.15) is 18.3 Å². The molecule has 2 amide bonds. The number of carbonyl (C=O) groups excluding carboxylic acids is 2. The Morgan fingerprint density at radius 3 is 2.69 bits per heavy atom. The number of benzene rings is 2. The van der Waals surface area contributed by atoms with E-state index in [1.165, 1.54) is 12.1 Å². The van der Waals surface area contributed by atoms with Gasteiger partial charge in [0.25, 0.3) is 11.1 Å². The van der Waals surface area contributed by atoms with Gasteiger partial charge in [-0.25, -0.2) is 4.39 Å². The lowest BCUT2D eigenvalue weighted by molar-refractivity contribution is -0.138. The fourth-order valence-electron chi connectivity index (χ4n) is 4.34. The van der Waals surface area contributed by atoms with Crippen molar-refractivity contribution in [3.05, 3.63) is 69.2 Å². The van der Waals surface area contributed by atoms with Crippen molar-refractivity contribution in [3.63, 3.8) is 0 Å². The van der Waals surface area contributed by atoms with Crippen LogP contribution in [0.15, 0.2) is 47.5 Å². The summed E-state index contributed by atoms with van der Waals surface area (Å²) in [5.41, 5.74) is 0.333. The third-order valence-corrected chi connectivity index (χ3v) is 7.28. The van der Waals surface area contributed by atoms with E-state index >= 15 is 0 Å². The number of hydrogen-bond donors (Lipinski definition) is 2. The van der Waals surface area contributed by atoms with Crippen LogP contribution in [0.1, 0.15) is 16.7 Å². The minimum absolute atomic E-state index is 0.00910. The molecule has 2 aromatic carbocycles. The van der Waals surface area contributed by atoms with Crippen molar-refractivity contribution < 1.29 is 27.2 Å². The third kappa shape index (κ3) is 4.43. The second-order valence-corrected chi connectivity index (χ2v) is 9.64. The number of aromatic nitrogens is 2. The molecule has 5 rings (SSSR count). The van der Waals surface area contributed by atoms with Gasteiger partial charge in [0.2, 0.25) is 0 Å². The average molecular weight is 525 g/mol. The van der Waals surface area contributed by atoms with Crippen molar-refractivity contribution in [2.24, 2.45) is 0 Å². The Balaban J connectivity index is 1.65.